The van der Waals surface area contributed by atoms with Gasteiger partial charge in [-0.3, -0.25) is 4.98 Å². The molecule has 1 unspecified atom stereocenters. The average Bonchev–Trinajstić information content (AvgIpc) is 2.46. The summed E-state index contributed by atoms with van der Waals surface area (Å²) in [5.74, 6) is 0.934. The standard InChI is InChI=1S/C18H24N2/c1-13(2)16-6-5-14(3)17(11-16)18(12-19-4)15-7-9-20-10-8-15/h5-11,13,18-19H,12H2,1-4H3. The molecule has 20 heavy (non-hydrogen) atoms. The second-order valence-electron chi connectivity index (χ2n) is 5.66. The molecule has 0 amide bonds. The maximum atomic E-state index is 4.13. The summed E-state index contributed by atoms with van der Waals surface area (Å²) >= 11 is 0. The number of hydrogen-bond donors (Lipinski definition) is 1. The van der Waals surface area contributed by atoms with Gasteiger partial charge in [0.1, 0.15) is 0 Å². The average molecular weight is 268 g/mol. The minimum Gasteiger partial charge on any atom is -0.319 e. The predicted octanol–water partition coefficient (Wildman–Crippen LogP) is 3.86. The molecule has 2 rings (SSSR count). The summed E-state index contributed by atoms with van der Waals surface area (Å²) in [6.45, 7) is 7.62. The number of nitrogens with one attached hydrogen (secondary N) is 1. The van der Waals surface area contributed by atoms with Crippen molar-refractivity contribution >= 4 is 0 Å². The number of benzene rings is 1. The molecule has 2 nitrogen and oxygen atoms in total. The highest BCUT2D eigenvalue weighted by Crippen LogP contribution is 2.29. The SMILES string of the molecule is CNCC(c1ccncc1)c1cc(C(C)C)ccc1C. The third-order valence-corrected chi connectivity index (χ3v) is 3.86. The van der Waals surface area contributed by atoms with E-state index in [0.29, 0.717) is 11.8 Å². The van der Waals surface area contributed by atoms with E-state index in [-0.39, 0.29) is 0 Å². The molecule has 0 spiro atoms. The van der Waals surface area contributed by atoms with Crippen LogP contribution >= 0.6 is 0 Å². The molecule has 2 aromatic rings. The fraction of sp³-hybridized carbons (Fsp3) is 0.389. The van der Waals surface area contributed by atoms with Crippen LogP contribution in [0.2, 0.25) is 0 Å². The van der Waals surface area contributed by atoms with Crippen molar-refractivity contribution in [3.05, 3.63) is 65.0 Å². The van der Waals surface area contributed by atoms with Crippen molar-refractivity contribution in [1.82, 2.24) is 10.3 Å². The number of aromatic nitrogens is 1. The van der Waals surface area contributed by atoms with Crippen molar-refractivity contribution in [3.8, 4) is 0 Å². The smallest absolute Gasteiger partial charge is 0.0270 e. The minimum atomic E-state index is 0.377. The Labute approximate surface area is 122 Å². The van der Waals surface area contributed by atoms with Crippen molar-refractivity contribution in [2.24, 2.45) is 0 Å². The first-order chi connectivity index (χ1) is 9.63. The van der Waals surface area contributed by atoms with Crippen molar-refractivity contribution in [3.63, 3.8) is 0 Å². The molecular formula is C18H24N2. The number of pyridine rings is 1. The van der Waals surface area contributed by atoms with Gasteiger partial charge in [0.2, 0.25) is 0 Å². The van der Waals surface area contributed by atoms with Gasteiger partial charge in [0.05, 0.1) is 0 Å². The molecule has 0 fully saturated rings. The highest BCUT2D eigenvalue weighted by molar-refractivity contribution is 5.40. The lowest BCUT2D eigenvalue weighted by molar-refractivity contribution is 0.701. The highest BCUT2D eigenvalue weighted by Gasteiger charge is 2.16. The Balaban J connectivity index is 2.46. The molecule has 0 aliphatic carbocycles. The van der Waals surface area contributed by atoms with Crippen LogP contribution in [-0.4, -0.2) is 18.6 Å². The number of aryl methyl sites for hydroxylation is 1. The molecular weight excluding hydrogens is 244 g/mol. The van der Waals surface area contributed by atoms with Crippen LogP contribution in [0.3, 0.4) is 0 Å². The highest BCUT2D eigenvalue weighted by atomic mass is 14.8. The maximum absolute atomic E-state index is 4.13. The van der Waals surface area contributed by atoms with E-state index in [2.05, 4.69) is 61.4 Å². The Morgan fingerprint density at radius 2 is 1.75 bits per heavy atom. The lowest BCUT2D eigenvalue weighted by atomic mass is 9.86. The topological polar surface area (TPSA) is 24.9 Å². The van der Waals surface area contributed by atoms with Crippen LogP contribution in [0, 0.1) is 6.92 Å². The lowest BCUT2D eigenvalue weighted by Gasteiger charge is -2.21. The zero-order valence-corrected chi connectivity index (χ0v) is 12.9. The molecule has 0 saturated heterocycles. The Bertz CT molecular complexity index is 547. The van der Waals surface area contributed by atoms with Gasteiger partial charge in [-0.2, -0.15) is 0 Å². The van der Waals surface area contributed by atoms with E-state index >= 15 is 0 Å². The van der Waals surface area contributed by atoms with Crippen LogP contribution in [0.1, 0.15) is 47.9 Å². The largest absolute Gasteiger partial charge is 0.319 e. The van der Waals surface area contributed by atoms with Gasteiger partial charge < -0.3 is 5.32 Å². The van der Waals surface area contributed by atoms with E-state index in [1.165, 1.54) is 22.3 Å². The first kappa shape index (κ1) is 14.7. The van der Waals surface area contributed by atoms with E-state index < -0.39 is 0 Å². The van der Waals surface area contributed by atoms with Crippen molar-refractivity contribution in [1.29, 1.82) is 0 Å². The molecule has 2 heteroatoms. The molecule has 0 saturated carbocycles. The van der Waals surface area contributed by atoms with Gasteiger partial charge in [-0.15, -0.1) is 0 Å². The summed E-state index contributed by atoms with van der Waals surface area (Å²) in [6.07, 6.45) is 3.75. The minimum absolute atomic E-state index is 0.377. The first-order valence-corrected chi connectivity index (χ1v) is 7.28. The van der Waals surface area contributed by atoms with E-state index in [1.807, 2.05) is 19.4 Å². The van der Waals surface area contributed by atoms with Crippen molar-refractivity contribution < 1.29 is 0 Å². The van der Waals surface area contributed by atoms with E-state index in [4.69, 9.17) is 0 Å². The number of likely N-dealkylation sites (N-methyl/N-ethyl adjacent to an activating group) is 1. The summed E-state index contributed by atoms with van der Waals surface area (Å²) in [5.41, 5.74) is 5.49. The number of nitrogens with zero attached hydrogens (tertiary/aromatic N) is 1. The molecule has 1 aromatic carbocycles. The summed E-state index contributed by atoms with van der Waals surface area (Å²) in [7, 11) is 2.01. The van der Waals surface area contributed by atoms with Gasteiger partial charge in [-0.1, -0.05) is 32.0 Å². The Morgan fingerprint density at radius 3 is 2.35 bits per heavy atom. The molecule has 0 bridgehead atoms. The van der Waals surface area contributed by atoms with Crippen molar-refractivity contribution in [2.45, 2.75) is 32.6 Å². The van der Waals surface area contributed by atoms with E-state index in [0.717, 1.165) is 6.54 Å². The molecule has 1 heterocycles. The first-order valence-electron chi connectivity index (χ1n) is 7.28. The van der Waals surface area contributed by atoms with Gasteiger partial charge in [-0.25, -0.2) is 0 Å². The summed E-state index contributed by atoms with van der Waals surface area (Å²) in [5, 5.41) is 3.32. The van der Waals surface area contributed by atoms with Gasteiger partial charge in [-0.05, 0) is 54.3 Å². The molecule has 0 aliphatic rings. The van der Waals surface area contributed by atoms with Gasteiger partial charge >= 0.3 is 0 Å². The van der Waals surface area contributed by atoms with Crippen LogP contribution in [0.4, 0.5) is 0 Å². The third-order valence-electron chi connectivity index (χ3n) is 3.86. The second-order valence-corrected chi connectivity index (χ2v) is 5.66. The monoisotopic (exact) mass is 268 g/mol. The van der Waals surface area contributed by atoms with Crippen LogP contribution in [0.5, 0.6) is 0 Å². The normalized spacial score (nSPS) is 12.7. The summed E-state index contributed by atoms with van der Waals surface area (Å²) < 4.78 is 0. The quantitative estimate of drug-likeness (QED) is 0.890. The van der Waals surface area contributed by atoms with Crippen molar-refractivity contribution in [2.75, 3.05) is 13.6 Å². The van der Waals surface area contributed by atoms with Gasteiger partial charge in [0, 0.05) is 24.9 Å². The van der Waals surface area contributed by atoms with Crippen LogP contribution in [-0.2, 0) is 0 Å². The Morgan fingerprint density at radius 1 is 1.05 bits per heavy atom. The van der Waals surface area contributed by atoms with Gasteiger partial charge in [0.25, 0.3) is 0 Å². The second kappa shape index (κ2) is 6.67. The summed E-state index contributed by atoms with van der Waals surface area (Å²) in [4.78, 5) is 4.13. The molecule has 0 radical (unpaired) electrons. The van der Waals surface area contributed by atoms with Gasteiger partial charge in [0.15, 0.2) is 0 Å². The Kier molecular flexibility index (Phi) is 4.91. The fourth-order valence-electron chi connectivity index (χ4n) is 2.60. The Hall–Kier alpha value is -1.67. The number of hydrogen-bond acceptors (Lipinski definition) is 2. The predicted molar refractivity (Wildman–Crippen MR) is 85.3 cm³/mol. The lowest BCUT2D eigenvalue weighted by Crippen LogP contribution is -2.19. The zero-order valence-electron chi connectivity index (χ0n) is 12.9. The molecule has 1 N–H and O–H groups in total. The van der Waals surface area contributed by atoms with E-state index in [9.17, 15) is 0 Å². The fourth-order valence-corrected chi connectivity index (χ4v) is 2.60. The summed E-state index contributed by atoms with van der Waals surface area (Å²) in [6, 6.07) is 11.1. The molecule has 1 atom stereocenters. The van der Waals surface area contributed by atoms with Crippen LogP contribution < -0.4 is 5.32 Å². The maximum Gasteiger partial charge on any atom is 0.0270 e. The van der Waals surface area contributed by atoms with Crippen LogP contribution in [0.25, 0.3) is 0 Å². The third kappa shape index (κ3) is 3.26. The molecule has 1 aromatic heterocycles. The molecule has 0 aliphatic heterocycles. The van der Waals surface area contributed by atoms with Crippen LogP contribution in [0.15, 0.2) is 42.7 Å². The number of rotatable bonds is 5. The van der Waals surface area contributed by atoms with E-state index in [1.54, 1.807) is 0 Å². The zero-order chi connectivity index (χ0) is 14.5. The molecule has 106 valence electrons.